The Morgan fingerprint density at radius 2 is 0.551 bits per heavy atom. The maximum Gasteiger partial charge on any atom is 0.485 e. The van der Waals surface area contributed by atoms with Crippen molar-refractivity contribution in [2.75, 3.05) is 0 Å². The van der Waals surface area contributed by atoms with Crippen LogP contribution >= 0.6 is 0 Å². The molecule has 0 radical (unpaired) electrons. The van der Waals surface area contributed by atoms with Gasteiger partial charge in [0.1, 0.15) is 0 Å². The van der Waals surface area contributed by atoms with Crippen molar-refractivity contribution in [3.8, 4) is 0 Å². The molecule has 0 aliphatic heterocycles. The molecular formula is C36H32F32N2O6S2. The molecule has 0 atom stereocenters. The van der Waals surface area contributed by atoms with Gasteiger partial charge in [0.2, 0.25) is 0 Å². The van der Waals surface area contributed by atoms with E-state index >= 15 is 0 Å². The van der Waals surface area contributed by atoms with Crippen LogP contribution in [0.5, 0.6) is 0 Å². The third-order valence-electron chi connectivity index (χ3n) is 10.1. The fourth-order valence-corrected chi connectivity index (χ4v) is 5.67. The zero-order valence-electron chi connectivity index (χ0n) is 37.4. The summed E-state index contributed by atoms with van der Waals surface area (Å²) in [5.41, 5.74) is -11.2. The molecule has 0 aliphatic carbocycles. The number of alkyl halides is 32. The van der Waals surface area contributed by atoms with E-state index in [9.17, 15) is 140 Å². The molecule has 0 fully saturated rings. The normalized spacial score (nSPS) is 14.8. The van der Waals surface area contributed by atoms with Crippen molar-refractivity contribution in [1.29, 1.82) is 0 Å². The van der Waals surface area contributed by atoms with Gasteiger partial charge in [-0.15, -0.1) is 0 Å². The van der Waals surface area contributed by atoms with E-state index < -0.39 is 129 Å². The molecule has 2 rings (SSSR count). The Bertz CT molecular complexity index is 2300. The molecule has 78 heavy (non-hydrogen) atoms. The van der Waals surface area contributed by atoms with Gasteiger partial charge in [0.05, 0.1) is 12.8 Å². The minimum atomic E-state index is -8.02. The van der Waals surface area contributed by atoms with Gasteiger partial charge >= 0.3 is 82.6 Å². The van der Waals surface area contributed by atoms with Crippen LogP contribution < -0.4 is 9.13 Å². The topological polar surface area (TPSA) is 122 Å². The Morgan fingerprint density at radius 1 is 0.333 bits per heavy atom. The number of unbranched alkanes of at least 4 members (excludes halogenated alkanes) is 5. The number of nitrogens with zero attached hydrogens (tertiary/aromatic N) is 2. The first-order valence-corrected chi connectivity index (χ1v) is 22.9. The highest BCUT2D eigenvalue weighted by Crippen LogP contribution is 2.62. The largest absolute Gasteiger partial charge is 0.741 e. The third kappa shape index (κ3) is 16.3. The second-order valence-corrected chi connectivity index (χ2v) is 18.4. The van der Waals surface area contributed by atoms with E-state index in [2.05, 4.69) is 0 Å². The average molecular weight is 1260 g/mol. The molecule has 2 aromatic heterocycles. The van der Waals surface area contributed by atoms with Crippen LogP contribution in [-0.4, -0.2) is 109 Å². The summed E-state index contributed by atoms with van der Waals surface area (Å²) in [7, 11) is -12.2. The number of halogens is 32. The summed E-state index contributed by atoms with van der Waals surface area (Å²) < 4.78 is 469. The van der Waals surface area contributed by atoms with Gasteiger partial charge in [-0.25, -0.2) is 26.0 Å². The highest BCUT2D eigenvalue weighted by molar-refractivity contribution is 7.86. The van der Waals surface area contributed by atoms with Crippen LogP contribution in [0.15, 0.2) is 48.8 Å². The molecular weight excluding hydrogens is 1230 g/mol. The van der Waals surface area contributed by atoms with Gasteiger partial charge in [0.15, 0.2) is 57.1 Å². The lowest BCUT2D eigenvalue weighted by molar-refractivity contribution is -0.707. The number of aromatic nitrogens is 2. The second-order valence-electron chi connectivity index (χ2n) is 15.7. The van der Waals surface area contributed by atoms with Crippen LogP contribution in [0.2, 0.25) is 0 Å². The van der Waals surface area contributed by atoms with Gasteiger partial charge in [-0.05, 0) is 12.8 Å². The average Bonchev–Trinajstić information content (AvgIpc) is 3.24. The van der Waals surface area contributed by atoms with E-state index in [1.807, 2.05) is 0 Å². The number of hydrogen-bond acceptors (Lipinski definition) is 6. The monoisotopic (exact) mass is 1260 g/mol. The van der Waals surface area contributed by atoms with Gasteiger partial charge in [0, 0.05) is 37.1 Å². The van der Waals surface area contributed by atoms with E-state index in [1.54, 1.807) is 0 Å². The van der Waals surface area contributed by atoms with Crippen molar-refractivity contribution in [2.45, 2.75) is 160 Å². The predicted octanol–water partition coefficient (Wildman–Crippen LogP) is 12.7. The number of pyridine rings is 2. The summed E-state index contributed by atoms with van der Waals surface area (Å²) in [5.74, 6) is -75.0. The number of rotatable bonds is 23. The van der Waals surface area contributed by atoms with Crippen LogP contribution in [0.4, 0.5) is 140 Å². The van der Waals surface area contributed by atoms with E-state index in [0.29, 0.717) is 25.7 Å². The summed E-state index contributed by atoms with van der Waals surface area (Å²) in [6, 6.07) is 7.28. The smallest absolute Gasteiger partial charge is 0.485 e. The van der Waals surface area contributed by atoms with Crippen molar-refractivity contribution in [2.24, 2.45) is 0 Å². The lowest BCUT2D eigenvalue weighted by Gasteiger charge is -2.39. The fraction of sp³-hybridized carbons (Fsp3) is 0.722. The van der Waals surface area contributed by atoms with Crippen LogP contribution in [0.3, 0.4) is 0 Å². The van der Waals surface area contributed by atoms with E-state index in [-0.39, 0.29) is 37.1 Å². The number of aryl methyl sites for hydroxylation is 4. The first-order chi connectivity index (χ1) is 34.1. The van der Waals surface area contributed by atoms with E-state index in [4.69, 9.17) is 25.9 Å². The molecule has 0 saturated heterocycles. The van der Waals surface area contributed by atoms with Crippen LogP contribution in [0.1, 0.15) is 62.8 Å². The third-order valence-corrected chi connectivity index (χ3v) is 11.2. The Labute approximate surface area is 415 Å². The number of hydrogen-bond donors (Lipinski definition) is 0. The Hall–Kier alpha value is -4.12. The summed E-state index contributed by atoms with van der Waals surface area (Å²) in [6.07, 6.45) is -16.4. The maximum absolute atomic E-state index is 14.3. The first kappa shape index (κ1) is 73.9. The van der Waals surface area contributed by atoms with Crippen molar-refractivity contribution in [3.05, 3.63) is 60.2 Å². The van der Waals surface area contributed by atoms with Crippen LogP contribution in [0, 0.1) is 0 Å². The zero-order chi connectivity index (χ0) is 62.5. The Balaban J connectivity index is 0.00000319. The standard InChI is InChI=1S/C34H32F26N2.2CHF3O3S/c35-23(36,25(39,40)27(43,44)29(47,48)31(51,52)33(55,56)57)15-19-61-17-9-7-13-21(61)11-5-3-1-2-4-6-12-22-14-8-10-18-62(22)20-16-24(37,38)26(41,42)28(45,46)30(49,50)32(53,54)34(58,59)60;2*2-1(3,4)8(5,6)7/h7-10,13-14,17-18H,1-6,11-12,15-16,19-20H2;2*(H,5,6,7)/q+2;;/p-2. The molecule has 0 amide bonds. The summed E-state index contributed by atoms with van der Waals surface area (Å²) >= 11 is 0. The van der Waals surface area contributed by atoms with Crippen molar-refractivity contribution in [1.82, 2.24) is 0 Å². The predicted molar refractivity (Wildman–Crippen MR) is 191 cm³/mol. The molecule has 0 aromatic carbocycles. The Kier molecular flexibility index (Phi) is 23.2. The highest BCUT2D eigenvalue weighted by atomic mass is 32.2. The van der Waals surface area contributed by atoms with E-state index in [0.717, 1.165) is 33.7 Å². The molecule has 0 saturated carbocycles. The summed E-state index contributed by atoms with van der Waals surface area (Å²) in [5, 5.41) is 0. The van der Waals surface area contributed by atoms with Crippen LogP contribution in [0.25, 0.3) is 0 Å². The van der Waals surface area contributed by atoms with E-state index in [1.165, 1.54) is 24.3 Å². The Morgan fingerprint density at radius 3 is 0.769 bits per heavy atom. The molecule has 0 bridgehead atoms. The highest BCUT2D eigenvalue weighted by Gasteiger charge is 2.92. The first-order valence-electron chi connectivity index (χ1n) is 20.0. The summed E-state index contributed by atoms with van der Waals surface area (Å²) in [4.78, 5) is 0. The summed E-state index contributed by atoms with van der Waals surface area (Å²) in [6.45, 7) is -2.70. The van der Waals surface area contributed by atoms with Crippen molar-refractivity contribution < 1.29 is 176 Å². The second kappa shape index (κ2) is 24.5. The fourth-order valence-electron chi connectivity index (χ4n) is 5.67. The van der Waals surface area contributed by atoms with Crippen LogP contribution in [-0.2, 0) is 46.2 Å². The molecule has 0 N–H and O–H groups in total. The maximum atomic E-state index is 14.3. The molecule has 2 heterocycles. The minimum Gasteiger partial charge on any atom is -0.741 e. The molecule has 458 valence electrons. The van der Waals surface area contributed by atoms with Gasteiger partial charge in [0.25, 0.3) is 0 Å². The molecule has 0 aliphatic rings. The van der Waals surface area contributed by atoms with Gasteiger partial charge in [-0.3, -0.25) is 0 Å². The SMILES string of the molecule is FC(F)(F)C(F)(F)C(F)(F)C(F)(F)C(F)(F)C(F)(F)CC[n+]1ccccc1CCCCCCCCc1cccc[n+]1CCC(F)(F)C(F)(F)C(F)(F)C(F)(F)C(F)(F)C(F)(F)F.O=S(=O)([O-])C(F)(F)F.O=S(=O)([O-])C(F)(F)F. The van der Waals surface area contributed by atoms with Crippen molar-refractivity contribution >= 4 is 20.2 Å². The molecule has 0 unspecified atom stereocenters. The quantitative estimate of drug-likeness (QED) is 0.0359. The molecule has 8 nitrogen and oxygen atoms in total. The van der Waals surface area contributed by atoms with Gasteiger partial charge in [-0.1, -0.05) is 37.8 Å². The van der Waals surface area contributed by atoms with Crippen molar-refractivity contribution in [3.63, 3.8) is 0 Å². The molecule has 0 spiro atoms. The molecule has 2 aromatic rings. The van der Waals surface area contributed by atoms with Gasteiger partial charge in [-0.2, -0.15) is 140 Å². The lowest BCUT2D eigenvalue weighted by Crippen LogP contribution is -2.70. The van der Waals surface area contributed by atoms with Gasteiger partial charge < -0.3 is 9.11 Å². The zero-order valence-corrected chi connectivity index (χ0v) is 39.0. The lowest BCUT2D eigenvalue weighted by atomic mass is 9.92. The molecule has 42 heteroatoms. The minimum absolute atomic E-state index is 0.0448.